The molecular formula is C20H43NO2. The zero-order valence-corrected chi connectivity index (χ0v) is 15.5. The monoisotopic (exact) mass is 329 g/mol. The summed E-state index contributed by atoms with van der Waals surface area (Å²) >= 11 is 0. The van der Waals surface area contributed by atoms with Gasteiger partial charge in [0.05, 0.1) is 0 Å². The van der Waals surface area contributed by atoms with E-state index in [1.807, 2.05) is 0 Å². The van der Waals surface area contributed by atoms with Crippen molar-refractivity contribution in [1.29, 1.82) is 0 Å². The lowest BCUT2D eigenvalue weighted by atomic mass is 10.1. The molecule has 0 unspecified atom stereocenters. The van der Waals surface area contributed by atoms with Crippen LogP contribution in [-0.4, -0.2) is 36.5 Å². The highest BCUT2D eigenvalue weighted by Gasteiger charge is 1.94. The van der Waals surface area contributed by atoms with Gasteiger partial charge >= 0.3 is 0 Å². The Morgan fingerprint density at radius 1 is 0.348 bits per heavy atom. The fraction of sp³-hybridized carbons (Fsp3) is 1.00. The van der Waals surface area contributed by atoms with E-state index in [0.29, 0.717) is 13.2 Å². The molecule has 0 spiro atoms. The number of unbranched alkanes of at least 4 members (excludes halogenated alkanes) is 14. The second kappa shape index (κ2) is 21.9. The Labute approximate surface area is 145 Å². The van der Waals surface area contributed by atoms with Gasteiger partial charge in [0, 0.05) is 13.2 Å². The Balaban J connectivity index is 2.92. The van der Waals surface area contributed by atoms with Gasteiger partial charge in [0.25, 0.3) is 0 Å². The van der Waals surface area contributed by atoms with Crippen molar-refractivity contribution >= 4 is 0 Å². The highest BCUT2D eigenvalue weighted by molar-refractivity contribution is 4.52. The molecule has 0 aliphatic rings. The van der Waals surface area contributed by atoms with Crippen LogP contribution in [0.25, 0.3) is 0 Å². The van der Waals surface area contributed by atoms with Gasteiger partial charge in [0.1, 0.15) is 0 Å². The van der Waals surface area contributed by atoms with Gasteiger partial charge < -0.3 is 15.5 Å². The number of hydrogen-bond acceptors (Lipinski definition) is 3. The van der Waals surface area contributed by atoms with E-state index in [-0.39, 0.29) is 0 Å². The fourth-order valence-corrected chi connectivity index (χ4v) is 2.97. The summed E-state index contributed by atoms with van der Waals surface area (Å²) in [6, 6.07) is 0. The van der Waals surface area contributed by atoms with Crippen LogP contribution in [-0.2, 0) is 0 Å². The fourth-order valence-electron chi connectivity index (χ4n) is 2.97. The Bertz CT molecular complexity index is 180. The first-order valence-corrected chi connectivity index (χ1v) is 10.3. The third-order valence-corrected chi connectivity index (χ3v) is 4.52. The molecule has 140 valence electrons. The van der Waals surface area contributed by atoms with E-state index in [0.717, 1.165) is 12.8 Å². The molecule has 0 aliphatic heterocycles. The van der Waals surface area contributed by atoms with Crippen LogP contribution in [0.4, 0.5) is 0 Å². The van der Waals surface area contributed by atoms with Crippen LogP contribution in [0.5, 0.6) is 0 Å². The second-order valence-corrected chi connectivity index (χ2v) is 6.85. The van der Waals surface area contributed by atoms with Gasteiger partial charge in [0.2, 0.25) is 0 Å². The van der Waals surface area contributed by atoms with Crippen LogP contribution in [0.3, 0.4) is 0 Å². The molecule has 0 aliphatic carbocycles. The normalized spacial score (nSPS) is 11.2. The van der Waals surface area contributed by atoms with Crippen LogP contribution in [0.2, 0.25) is 0 Å². The van der Waals surface area contributed by atoms with Gasteiger partial charge in [-0.1, -0.05) is 77.0 Å². The van der Waals surface area contributed by atoms with Crippen molar-refractivity contribution in [2.24, 2.45) is 0 Å². The van der Waals surface area contributed by atoms with Gasteiger partial charge in [0.15, 0.2) is 0 Å². The van der Waals surface area contributed by atoms with Crippen molar-refractivity contribution in [3.8, 4) is 0 Å². The SMILES string of the molecule is OCCCCCCCCCCNCCCCCCCCCCO. The van der Waals surface area contributed by atoms with Crippen LogP contribution in [0, 0.1) is 0 Å². The number of hydrogen-bond donors (Lipinski definition) is 3. The minimum Gasteiger partial charge on any atom is -0.396 e. The molecule has 3 N–H and O–H groups in total. The predicted molar refractivity (Wildman–Crippen MR) is 101 cm³/mol. The average Bonchev–Trinajstić information content (AvgIpc) is 2.57. The molecule has 0 radical (unpaired) electrons. The molecule has 3 nitrogen and oxygen atoms in total. The maximum absolute atomic E-state index is 8.70. The molecule has 23 heavy (non-hydrogen) atoms. The van der Waals surface area contributed by atoms with E-state index in [9.17, 15) is 0 Å². The van der Waals surface area contributed by atoms with Crippen molar-refractivity contribution in [3.63, 3.8) is 0 Å². The van der Waals surface area contributed by atoms with Gasteiger partial charge in [-0.05, 0) is 38.8 Å². The summed E-state index contributed by atoms with van der Waals surface area (Å²) in [6.07, 6.45) is 20.5. The first-order valence-electron chi connectivity index (χ1n) is 10.3. The first-order chi connectivity index (χ1) is 11.4. The molecule has 0 atom stereocenters. The average molecular weight is 330 g/mol. The molecule has 0 saturated heterocycles. The van der Waals surface area contributed by atoms with Crippen molar-refractivity contribution in [2.45, 2.75) is 103 Å². The van der Waals surface area contributed by atoms with Crippen molar-refractivity contribution in [1.82, 2.24) is 5.32 Å². The molecule has 0 amide bonds. The van der Waals surface area contributed by atoms with E-state index in [1.165, 1.54) is 103 Å². The highest BCUT2D eigenvalue weighted by Crippen LogP contribution is 2.09. The lowest BCUT2D eigenvalue weighted by Gasteiger charge is -2.05. The standard InChI is InChI=1S/C20H43NO2/c22-19-15-11-7-3-1-5-9-13-17-21-18-14-10-6-2-4-8-12-16-20-23/h21-23H,1-20H2. The van der Waals surface area contributed by atoms with Crippen LogP contribution in [0.15, 0.2) is 0 Å². The molecule has 0 aromatic rings. The van der Waals surface area contributed by atoms with Crippen molar-refractivity contribution in [2.75, 3.05) is 26.3 Å². The smallest absolute Gasteiger partial charge is 0.0431 e. The summed E-state index contributed by atoms with van der Waals surface area (Å²) in [5.41, 5.74) is 0. The number of aliphatic hydroxyl groups excluding tert-OH is 2. The van der Waals surface area contributed by atoms with Gasteiger partial charge in [-0.15, -0.1) is 0 Å². The summed E-state index contributed by atoms with van der Waals surface area (Å²) in [6.45, 7) is 3.09. The van der Waals surface area contributed by atoms with E-state index in [1.54, 1.807) is 0 Å². The summed E-state index contributed by atoms with van der Waals surface area (Å²) in [4.78, 5) is 0. The quantitative estimate of drug-likeness (QED) is 0.281. The second-order valence-electron chi connectivity index (χ2n) is 6.85. The largest absolute Gasteiger partial charge is 0.396 e. The highest BCUT2D eigenvalue weighted by atomic mass is 16.3. The van der Waals surface area contributed by atoms with Gasteiger partial charge in [-0.25, -0.2) is 0 Å². The Morgan fingerprint density at radius 3 is 0.913 bits per heavy atom. The topological polar surface area (TPSA) is 52.5 Å². The van der Waals surface area contributed by atoms with E-state index >= 15 is 0 Å². The summed E-state index contributed by atoms with van der Waals surface area (Å²) in [7, 11) is 0. The maximum Gasteiger partial charge on any atom is 0.0431 e. The van der Waals surface area contributed by atoms with E-state index < -0.39 is 0 Å². The minimum atomic E-state index is 0.357. The third-order valence-electron chi connectivity index (χ3n) is 4.52. The number of aliphatic hydroxyl groups is 2. The Kier molecular flexibility index (Phi) is 21.8. The minimum absolute atomic E-state index is 0.357. The molecule has 0 bridgehead atoms. The first kappa shape index (κ1) is 22.9. The molecule has 0 saturated carbocycles. The summed E-state index contributed by atoms with van der Waals surface area (Å²) in [5, 5.41) is 21.0. The Hall–Kier alpha value is -0.120. The van der Waals surface area contributed by atoms with E-state index in [4.69, 9.17) is 10.2 Å². The molecule has 3 heteroatoms. The van der Waals surface area contributed by atoms with Crippen LogP contribution in [0.1, 0.15) is 103 Å². The molecule has 0 fully saturated rings. The Morgan fingerprint density at radius 2 is 0.609 bits per heavy atom. The van der Waals surface area contributed by atoms with E-state index in [2.05, 4.69) is 5.32 Å². The number of nitrogens with one attached hydrogen (secondary N) is 1. The van der Waals surface area contributed by atoms with Crippen LogP contribution < -0.4 is 5.32 Å². The van der Waals surface area contributed by atoms with Gasteiger partial charge in [-0.2, -0.15) is 0 Å². The summed E-state index contributed by atoms with van der Waals surface area (Å²) < 4.78 is 0. The summed E-state index contributed by atoms with van der Waals surface area (Å²) in [5.74, 6) is 0. The molecule has 0 heterocycles. The third kappa shape index (κ3) is 21.9. The lowest BCUT2D eigenvalue weighted by Crippen LogP contribution is -2.16. The zero-order chi connectivity index (χ0) is 16.8. The maximum atomic E-state index is 8.70. The zero-order valence-electron chi connectivity index (χ0n) is 15.5. The number of rotatable bonds is 20. The van der Waals surface area contributed by atoms with Crippen molar-refractivity contribution in [3.05, 3.63) is 0 Å². The molecule has 0 aromatic carbocycles. The van der Waals surface area contributed by atoms with Gasteiger partial charge in [-0.3, -0.25) is 0 Å². The molecule has 0 rings (SSSR count). The molecule has 0 aromatic heterocycles. The lowest BCUT2D eigenvalue weighted by molar-refractivity contribution is 0.282. The molecular weight excluding hydrogens is 286 g/mol. The predicted octanol–water partition coefficient (Wildman–Crippen LogP) is 4.80. The van der Waals surface area contributed by atoms with Crippen LogP contribution >= 0.6 is 0 Å². The van der Waals surface area contributed by atoms with Crippen molar-refractivity contribution < 1.29 is 10.2 Å².